The molecule has 1 unspecified atom stereocenters. The first-order valence-electron chi connectivity index (χ1n) is 5.52. The molecule has 14 heavy (non-hydrogen) atoms. The summed E-state index contributed by atoms with van der Waals surface area (Å²) in [5.74, 6) is 0. The van der Waals surface area contributed by atoms with Gasteiger partial charge >= 0.3 is 0 Å². The van der Waals surface area contributed by atoms with Crippen LogP contribution in [0.4, 0.5) is 0 Å². The zero-order valence-corrected chi connectivity index (χ0v) is 9.82. The molecule has 3 heteroatoms. The van der Waals surface area contributed by atoms with Crippen molar-refractivity contribution in [3.63, 3.8) is 0 Å². The molecule has 2 atom stereocenters. The van der Waals surface area contributed by atoms with E-state index in [-0.39, 0.29) is 0 Å². The zero-order chi connectivity index (χ0) is 10.6. The van der Waals surface area contributed by atoms with Crippen molar-refractivity contribution in [2.45, 2.75) is 45.5 Å². The lowest BCUT2D eigenvalue weighted by Gasteiger charge is -2.22. The van der Waals surface area contributed by atoms with Gasteiger partial charge < -0.3 is 9.47 Å². The number of hydrogen-bond acceptors (Lipinski definition) is 3. The van der Waals surface area contributed by atoms with E-state index in [4.69, 9.17) is 9.47 Å². The Morgan fingerprint density at radius 1 is 1.36 bits per heavy atom. The summed E-state index contributed by atoms with van der Waals surface area (Å²) >= 11 is 0. The van der Waals surface area contributed by atoms with Gasteiger partial charge in [-0.05, 0) is 27.2 Å². The average Bonchev–Trinajstić information content (AvgIpc) is 2.50. The Bertz CT molecular complexity index is 161. The van der Waals surface area contributed by atoms with Crippen LogP contribution in [0.1, 0.15) is 27.2 Å². The van der Waals surface area contributed by atoms with E-state index in [0.717, 1.165) is 26.1 Å². The molecule has 0 saturated carbocycles. The second-order valence-electron chi connectivity index (χ2n) is 4.40. The van der Waals surface area contributed by atoms with Gasteiger partial charge in [0.15, 0.2) is 0 Å². The number of ether oxygens (including phenoxy) is 2. The van der Waals surface area contributed by atoms with Crippen LogP contribution in [0.3, 0.4) is 0 Å². The van der Waals surface area contributed by atoms with E-state index < -0.39 is 0 Å². The van der Waals surface area contributed by atoms with Crippen LogP contribution in [0.25, 0.3) is 0 Å². The van der Waals surface area contributed by atoms with E-state index in [2.05, 4.69) is 25.7 Å². The summed E-state index contributed by atoms with van der Waals surface area (Å²) in [7, 11) is 1.79. The minimum Gasteiger partial charge on any atom is -0.380 e. The Kier molecular flexibility index (Phi) is 4.85. The molecule has 1 aliphatic heterocycles. The molecular weight excluding hydrogens is 178 g/mol. The van der Waals surface area contributed by atoms with Gasteiger partial charge in [-0.15, -0.1) is 0 Å². The van der Waals surface area contributed by atoms with Crippen LogP contribution >= 0.6 is 0 Å². The van der Waals surface area contributed by atoms with Crippen molar-refractivity contribution in [1.29, 1.82) is 0 Å². The van der Waals surface area contributed by atoms with Crippen LogP contribution in [0.15, 0.2) is 0 Å². The summed E-state index contributed by atoms with van der Waals surface area (Å²) in [5, 5.41) is 0. The monoisotopic (exact) mass is 201 g/mol. The third kappa shape index (κ3) is 3.95. The first-order chi connectivity index (χ1) is 6.61. The van der Waals surface area contributed by atoms with E-state index >= 15 is 0 Å². The number of hydrogen-bond donors (Lipinski definition) is 0. The Balaban J connectivity index is 2.18. The molecule has 0 amide bonds. The molecular formula is C11H23NO2. The summed E-state index contributed by atoms with van der Waals surface area (Å²) in [6.07, 6.45) is 2.24. The lowest BCUT2D eigenvalue weighted by atomic mass is 10.3. The maximum Gasteiger partial charge on any atom is 0.0710 e. The number of methoxy groups -OCH3 is 1. The van der Waals surface area contributed by atoms with Gasteiger partial charge in [0, 0.05) is 26.7 Å². The van der Waals surface area contributed by atoms with Crippen molar-refractivity contribution in [1.82, 2.24) is 4.90 Å². The Hall–Kier alpha value is -0.120. The molecule has 3 nitrogen and oxygen atoms in total. The van der Waals surface area contributed by atoms with E-state index in [1.807, 2.05) is 0 Å². The first-order valence-corrected chi connectivity index (χ1v) is 5.52. The average molecular weight is 201 g/mol. The van der Waals surface area contributed by atoms with Crippen molar-refractivity contribution in [3.8, 4) is 0 Å². The SMILES string of the molecule is COC1CCN(C[C@@H](C)OC(C)C)C1. The minimum absolute atomic E-state index is 0.325. The van der Waals surface area contributed by atoms with Gasteiger partial charge in [-0.1, -0.05) is 0 Å². The molecule has 0 aliphatic carbocycles. The van der Waals surface area contributed by atoms with Gasteiger partial charge in [-0.2, -0.15) is 0 Å². The van der Waals surface area contributed by atoms with E-state index in [9.17, 15) is 0 Å². The third-order valence-corrected chi connectivity index (χ3v) is 2.58. The lowest BCUT2D eigenvalue weighted by Crippen LogP contribution is -2.32. The van der Waals surface area contributed by atoms with Crippen LogP contribution in [0, 0.1) is 0 Å². The van der Waals surface area contributed by atoms with Crippen molar-refractivity contribution in [3.05, 3.63) is 0 Å². The minimum atomic E-state index is 0.325. The van der Waals surface area contributed by atoms with Gasteiger partial charge in [-0.3, -0.25) is 4.90 Å². The summed E-state index contributed by atoms with van der Waals surface area (Å²) in [4.78, 5) is 2.42. The van der Waals surface area contributed by atoms with Crippen LogP contribution in [0.2, 0.25) is 0 Å². The molecule has 0 aromatic carbocycles. The molecule has 0 spiro atoms. The Morgan fingerprint density at radius 3 is 2.57 bits per heavy atom. The lowest BCUT2D eigenvalue weighted by molar-refractivity contribution is -0.000223. The fourth-order valence-electron chi connectivity index (χ4n) is 2.03. The second kappa shape index (κ2) is 5.69. The highest BCUT2D eigenvalue weighted by atomic mass is 16.5. The predicted molar refractivity (Wildman–Crippen MR) is 57.5 cm³/mol. The summed E-state index contributed by atoms with van der Waals surface area (Å²) < 4.78 is 11.0. The van der Waals surface area contributed by atoms with Crippen molar-refractivity contribution < 1.29 is 9.47 Å². The van der Waals surface area contributed by atoms with E-state index in [1.54, 1.807) is 7.11 Å². The highest BCUT2D eigenvalue weighted by Gasteiger charge is 2.23. The summed E-state index contributed by atoms with van der Waals surface area (Å²) in [5.41, 5.74) is 0. The number of rotatable bonds is 5. The van der Waals surface area contributed by atoms with Crippen molar-refractivity contribution in [2.24, 2.45) is 0 Å². The fourth-order valence-corrected chi connectivity index (χ4v) is 2.03. The topological polar surface area (TPSA) is 21.7 Å². The third-order valence-electron chi connectivity index (χ3n) is 2.58. The van der Waals surface area contributed by atoms with Gasteiger partial charge in [0.25, 0.3) is 0 Å². The van der Waals surface area contributed by atoms with Gasteiger partial charge in [0.05, 0.1) is 18.3 Å². The van der Waals surface area contributed by atoms with Gasteiger partial charge in [0.2, 0.25) is 0 Å². The van der Waals surface area contributed by atoms with Crippen molar-refractivity contribution in [2.75, 3.05) is 26.7 Å². The quantitative estimate of drug-likeness (QED) is 0.673. The van der Waals surface area contributed by atoms with Gasteiger partial charge in [-0.25, -0.2) is 0 Å². The zero-order valence-electron chi connectivity index (χ0n) is 9.82. The molecule has 0 radical (unpaired) electrons. The van der Waals surface area contributed by atoms with Crippen LogP contribution in [-0.4, -0.2) is 50.0 Å². The van der Waals surface area contributed by atoms with Crippen molar-refractivity contribution >= 4 is 0 Å². The molecule has 1 rings (SSSR count). The van der Waals surface area contributed by atoms with Crippen LogP contribution in [0.5, 0.6) is 0 Å². The highest BCUT2D eigenvalue weighted by molar-refractivity contribution is 4.77. The predicted octanol–water partition coefficient (Wildman–Crippen LogP) is 1.52. The van der Waals surface area contributed by atoms with E-state index in [0.29, 0.717) is 18.3 Å². The molecule has 0 bridgehead atoms. The molecule has 1 saturated heterocycles. The number of nitrogens with zero attached hydrogens (tertiary/aromatic N) is 1. The Labute approximate surface area is 87.4 Å². The van der Waals surface area contributed by atoms with Gasteiger partial charge in [0.1, 0.15) is 0 Å². The molecule has 84 valence electrons. The first kappa shape index (κ1) is 12.0. The molecule has 0 aromatic rings. The molecule has 1 aliphatic rings. The van der Waals surface area contributed by atoms with Crippen LogP contribution in [-0.2, 0) is 9.47 Å². The summed E-state index contributed by atoms with van der Waals surface area (Å²) in [6, 6.07) is 0. The normalized spacial score (nSPS) is 25.9. The fraction of sp³-hybridized carbons (Fsp3) is 1.00. The standard InChI is InChI=1S/C11H23NO2/c1-9(2)14-10(3)7-12-6-5-11(8-12)13-4/h9-11H,5-8H2,1-4H3/t10-,11?/m1/s1. The second-order valence-corrected chi connectivity index (χ2v) is 4.40. The molecule has 0 aromatic heterocycles. The number of likely N-dealkylation sites (tertiary alicyclic amines) is 1. The molecule has 1 fully saturated rings. The maximum absolute atomic E-state index is 5.70. The maximum atomic E-state index is 5.70. The largest absolute Gasteiger partial charge is 0.380 e. The molecule has 0 N–H and O–H groups in total. The summed E-state index contributed by atoms with van der Waals surface area (Å²) in [6.45, 7) is 9.53. The van der Waals surface area contributed by atoms with Crippen LogP contribution < -0.4 is 0 Å². The smallest absolute Gasteiger partial charge is 0.0710 e. The molecule has 1 heterocycles. The highest BCUT2D eigenvalue weighted by Crippen LogP contribution is 2.13. The van der Waals surface area contributed by atoms with E-state index in [1.165, 1.54) is 0 Å². The Morgan fingerprint density at radius 2 is 2.07 bits per heavy atom.